The molecule has 22 heavy (non-hydrogen) atoms. The van der Waals surface area contributed by atoms with E-state index in [1.807, 2.05) is 5.32 Å². The normalized spacial score (nSPS) is 16.4. The molecular formula is C12H16N2O8. The Morgan fingerprint density at radius 1 is 1.18 bits per heavy atom. The highest BCUT2D eigenvalue weighted by Crippen LogP contribution is 2.23. The highest BCUT2D eigenvalue weighted by Gasteiger charge is 2.34. The molecule has 0 heterocycles. The van der Waals surface area contributed by atoms with Gasteiger partial charge in [0.05, 0.1) is 11.5 Å². The van der Waals surface area contributed by atoms with E-state index in [9.17, 15) is 30.2 Å². The number of rotatable bonds is 7. The van der Waals surface area contributed by atoms with Crippen molar-refractivity contribution in [2.24, 2.45) is 0 Å². The summed E-state index contributed by atoms with van der Waals surface area (Å²) >= 11 is 0. The summed E-state index contributed by atoms with van der Waals surface area (Å²) in [7, 11) is 0. The number of benzene rings is 1. The molecule has 1 amide bonds. The molecule has 0 fully saturated rings. The molecular weight excluding hydrogens is 300 g/mol. The molecule has 0 spiro atoms. The van der Waals surface area contributed by atoms with Crippen LogP contribution in [0.25, 0.3) is 0 Å². The zero-order chi connectivity index (χ0) is 16.9. The second-order valence-corrected chi connectivity index (χ2v) is 4.44. The topological polar surface area (TPSA) is 173 Å². The summed E-state index contributed by atoms with van der Waals surface area (Å²) in [5.74, 6) is -1.22. The third-order valence-electron chi connectivity index (χ3n) is 2.88. The number of nitrogens with zero attached hydrogens (tertiary/aromatic N) is 1. The van der Waals surface area contributed by atoms with Crippen LogP contribution in [0.2, 0.25) is 0 Å². The van der Waals surface area contributed by atoms with Gasteiger partial charge < -0.3 is 30.8 Å². The number of nitrogens with one attached hydrogen (secondary N) is 1. The number of nitro groups is 1. The Kier molecular flexibility index (Phi) is 6.34. The maximum atomic E-state index is 11.7. The molecule has 0 saturated heterocycles. The molecule has 0 radical (unpaired) electrons. The van der Waals surface area contributed by atoms with E-state index in [-0.39, 0.29) is 5.69 Å². The minimum atomic E-state index is -2.17. The molecule has 0 aliphatic rings. The van der Waals surface area contributed by atoms with Crippen molar-refractivity contribution in [3.8, 4) is 0 Å². The van der Waals surface area contributed by atoms with E-state index in [0.29, 0.717) is 0 Å². The number of hydrogen-bond acceptors (Lipinski definition) is 8. The van der Waals surface area contributed by atoms with Crippen LogP contribution in [0.3, 0.4) is 0 Å². The highest BCUT2D eigenvalue weighted by molar-refractivity contribution is 5.96. The smallest absolute Gasteiger partial charge is 0.292 e. The lowest BCUT2D eigenvalue weighted by atomic mass is 10.0. The van der Waals surface area contributed by atoms with Crippen molar-refractivity contribution in [3.05, 3.63) is 34.4 Å². The van der Waals surface area contributed by atoms with Crippen LogP contribution in [0, 0.1) is 10.1 Å². The Labute approximate surface area is 124 Å². The highest BCUT2D eigenvalue weighted by atomic mass is 16.6. The standard InChI is InChI=1S/C12H16N2O8/c15-5-8(16)9(17)10(18)11(19)12(20)13-6-3-1-2-4-7(6)14(21)22/h1-4,8-11,15-19H,5H2,(H,13,20)/t8-,9-,10+,11-/m1/s1. The first-order valence-electron chi connectivity index (χ1n) is 6.17. The summed E-state index contributed by atoms with van der Waals surface area (Å²) in [6, 6.07) is 5.13. The molecule has 0 unspecified atom stereocenters. The van der Waals surface area contributed by atoms with Crippen molar-refractivity contribution >= 4 is 17.3 Å². The first-order chi connectivity index (χ1) is 10.3. The fourth-order valence-electron chi connectivity index (χ4n) is 1.62. The molecule has 1 aromatic carbocycles. The van der Waals surface area contributed by atoms with Crippen LogP contribution in [0.15, 0.2) is 24.3 Å². The van der Waals surface area contributed by atoms with Crippen molar-refractivity contribution in [3.63, 3.8) is 0 Å². The van der Waals surface area contributed by atoms with Crippen LogP contribution in [0.1, 0.15) is 0 Å². The summed E-state index contributed by atoms with van der Waals surface area (Å²) in [6.07, 6.45) is -8.00. The third-order valence-corrected chi connectivity index (χ3v) is 2.88. The summed E-state index contributed by atoms with van der Waals surface area (Å²) in [6.45, 7) is -0.892. The fourth-order valence-corrected chi connectivity index (χ4v) is 1.62. The lowest BCUT2D eigenvalue weighted by Gasteiger charge is -2.24. The van der Waals surface area contributed by atoms with Crippen molar-refractivity contribution < 1.29 is 35.3 Å². The number of aliphatic hydroxyl groups is 5. The van der Waals surface area contributed by atoms with Crippen molar-refractivity contribution in [2.45, 2.75) is 24.4 Å². The van der Waals surface area contributed by atoms with Gasteiger partial charge in [-0.05, 0) is 6.07 Å². The van der Waals surface area contributed by atoms with E-state index in [4.69, 9.17) is 10.2 Å². The third kappa shape index (κ3) is 4.19. The summed E-state index contributed by atoms with van der Waals surface area (Å²) in [5.41, 5.74) is -0.630. The average Bonchev–Trinajstić information content (AvgIpc) is 2.52. The number of carbonyl (C=O) groups is 1. The second-order valence-electron chi connectivity index (χ2n) is 4.44. The summed E-state index contributed by atoms with van der Waals surface area (Å²) in [4.78, 5) is 21.8. The van der Waals surface area contributed by atoms with Gasteiger partial charge in [0.1, 0.15) is 24.0 Å². The van der Waals surface area contributed by atoms with Crippen LogP contribution in [-0.4, -0.2) is 67.4 Å². The average molecular weight is 316 g/mol. The van der Waals surface area contributed by atoms with Crippen LogP contribution in [0.4, 0.5) is 11.4 Å². The van der Waals surface area contributed by atoms with Gasteiger partial charge in [0.25, 0.3) is 11.6 Å². The van der Waals surface area contributed by atoms with E-state index >= 15 is 0 Å². The van der Waals surface area contributed by atoms with E-state index < -0.39 is 47.5 Å². The Bertz CT molecular complexity index is 538. The van der Waals surface area contributed by atoms with E-state index in [2.05, 4.69) is 0 Å². The quantitative estimate of drug-likeness (QED) is 0.247. The van der Waals surface area contributed by atoms with Gasteiger partial charge in [-0.1, -0.05) is 12.1 Å². The molecule has 4 atom stereocenters. The van der Waals surface area contributed by atoms with Gasteiger partial charge in [0.15, 0.2) is 6.10 Å². The zero-order valence-corrected chi connectivity index (χ0v) is 11.2. The minimum Gasteiger partial charge on any atom is -0.394 e. The van der Waals surface area contributed by atoms with Gasteiger partial charge in [0.2, 0.25) is 0 Å². The monoisotopic (exact) mass is 316 g/mol. The SMILES string of the molecule is O=C(Nc1ccccc1[N+](=O)[O-])[C@H](O)[C@@H](O)[C@H](O)[C@H](O)CO. The molecule has 10 heteroatoms. The molecule has 10 nitrogen and oxygen atoms in total. The number of amides is 1. The summed E-state index contributed by atoms with van der Waals surface area (Å²) < 4.78 is 0. The maximum absolute atomic E-state index is 11.7. The van der Waals surface area contributed by atoms with Gasteiger partial charge in [-0.3, -0.25) is 14.9 Å². The molecule has 1 aromatic rings. The molecule has 6 N–H and O–H groups in total. The molecule has 122 valence electrons. The van der Waals surface area contributed by atoms with Crippen molar-refractivity contribution in [1.82, 2.24) is 0 Å². The molecule has 0 bridgehead atoms. The van der Waals surface area contributed by atoms with Crippen LogP contribution >= 0.6 is 0 Å². The molecule has 1 rings (SSSR count). The van der Waals surface area contributed by atoms with Crippen molar-refractivity contribution in [2.75, 3.05) is 11.9 Å². The minimum absolute atomic E-state index is 0.207. The van der Waals surface area contributed by atoms with E-state index in [0.717, 1.165) is 6.07 Å². The molecule has 0 saturated carbocycles. The lowest BCUT2D eigenvalue weighted by molar-refractivity contribution is -0.383. The summed E-state index contributed by atoms with van der Waals surface area (Å²) in [5, 5.41) is 59.2. The van der Waals surface area contributed by atoms with E-state index in [1.165, 1.54) is 18.2 Å². The fraction of sp³-hybridized carbons (Fsp3) is 0.417. The number of anilines is 1. The number of nitro benzene ring substituents is 1. The molecule has 0 aliphatic carbocycles. The molecule has 0 aromatic heterocycles. The van der Waals surface area contributed by atoms with Gasteiger partial charge in [0, 0.05) is 6.07 Å². The first kappa shape index (κ1) is 17.9. The van der Waals surface area contributed by atoms with Gasteiger partial charge in [-0.15, -0.1) is 0 Å². The Hall–Kier alpha value is -2.11. The van der Waals surface area contributed by atoms with Gasteiger partial charge >= 0.3 is 0 Å². The largest absolute Gasteiger partial charge is 0.394 e. The second kappa shape index (κ2) is 7.77. The number of para-hydroxylation sites is 2. The predicted molar refractivity (Wildman–Crippen MR) is 72.8 cm³/mol. The van der Waals surface area contributed by atoms with Crippen LogP contribution < -0.4 is 5.32 Å². The van der Waals surface area contributed by atoms with Gasteiger partial charge in [-0.25, -0.2) is 0 Å². The number of carbonyl (C=O) groups excluding carboxylic acids is 1. The zero-order valence-electron chi connectivity index (χ0n) is 11.2. The van der Waals surface area contributed by atoms with Crippen LogP contribution in [0.5, 0.6) is 0 Å². The van der Waals surface area contributed by atoms with Crippen LogP contribution in [-0.2, 0) is 4.79 Å². The van der Waals surface area contributed by atoms with E-state index in [1.54, 1.807) is 0 Å². The maximum Gasteiger partial charge on any atom is 0.292 e. The molecule has 0 aliphatic heterocycles. The first-order valence-corrected chi connectivity index (χ1v) is 6.17. The lowest BCUT2D eigenvalue weighted by Crippen LogP contribution is -2.50. The Balaban J connectivity index is 2.83. The Morgan fingerprint density at radius 3 is 2.32 bits per heavy atom. The number of hydrogen-bond donors (Lipinski definition) is 6. The van der Waals surface area contributed by atoms with Crippen molar-refractivity contribution in [1.29, 1.82) is 0 Å². The number of aliphatic hydroxyl groups excluding tert-OH is 5. The Morgan fingerprint density at radius 2 is 1.77 bits per heavy atom. The predicted octanol–water partition coefficient (Wildman–Crippen LogP) is -2.03. The van der Waals surface area contributed by atoms with Gasteiger partial charge in [-0.2, -0.15) is 0 Å².